The molecule has 0 amide bonds. The van der Waals surface area contributed by atoms with Crippen molar-refractivity contribution in [2.75, 3.05) is 0 Å². The van der Waals surface area contributed by atoms with Crippen LogP contribution in [-0.2, 0) is 6.42 Å². The van der Waals surface area contributed by atoms with Crippen molar-refractivity contribution in [3.8, 4) is 0 Å². The second kappa shape index (κ2) is 5.09. The zero-order valence-corrected chi connectivity index (χ0v) is 10.00. The average Bonchev–Trinajstić information content (AvgIpc) is 2.77. The third-order valence-corrected chi connectivity index (χ3v) is 2.98. The van der Waals surface area contributed by atoms with Crippen LogP contribution in [0.1, 0.15) is 34.3 Å². The summed E-state index contributed by atoms with van der Waals surface area (Å²) in [5.41, 5.74) is 0.903. The van der Waals surface area contributed by atoms with Crippen LogP contribution >= 0.6 is 11.5 Å². The maximum Gasteiger partial charge on any atom is 0.208 e. The first kappa shape index (κ1) is 11.8. The Labute approximate surface area is 102 Å². The van der Waals surface area contributed by atoms with Gasteiger partial charge in [0, 0.05) is 11.8 Å². The van der Waals surface area contributed by atoms with Crippen molar-refractivity contribution in [2.24, 2.45) is 0 Å². The number of hydrogen-bond acceptors (Lipinski definition) is 5. The number of halogens is 1. The first-order chi connectivity index (χ1) is 8.22. The Balaban J connectivity index is 2.33. The molecule has 88 valence electrons. The fourth-order valence-corrected chi connectivity index (χ4v) is 2.12. The number of hydrogen-bond donors (Lipinski definition) is 0. The lowest BCUT2D eigenvalue weighted by atomic mass is 10.1. The van der Waals surface area contributed by atoms with Crippen molar-refractivity contribution in [3.63, 3.8) is 0 Å². The molecule has 2 aromatic heterocycles. The third-order valence-electron chi connectivity index (χ3n) is 2.22. The maximum atomic E-state index is 13.0. The summed E-state index contributed by atoms with van der Waals surface area (Å²) in [7, 11) is 0. The van der Waals surface area contributed by atoms with E-state index in [2.05, 4.69) is 14.6 Å². The smallest absolute Gasteiger partial charge is 0.208 e. The summed E-state index contributed by atoms with van der Waals surface area (Å²) in [4.78, 5) is 16.2. The molecule has 2 rings (SSSR count). The highest BCUT2D eigenvalue weighted by Gasteiger charge is 2.18. The highest BCUT2D eigenvalue weighted by molar-refractivity contribution is 7.08. The predicted molar refractivity (Wildman–Crippen MR) is 61.5 cm³/mol. The van der Waals surface area contributed by atoms with Crippen LogP contribution in [0.5, 0.6) is 0 Å². The van der Waals surface area contributed by atoms with Crippen LogP contribution < -0.4 is 0 Å². The number of rotatable bonds is 4. The summed E-state index contributed by atoms with van der Waals surface area (Å²) in [6, 6.07) is 1.17. The molecule has 0 bridgehead atoms. The first-order valence-corrected chi connectivity index (χ1v) is 5.96. The van der Waals surface area contributed by atoms with Crippen LogP contribution in [0.25, 0.3) is 0 Å². The Morgan fingerprint density at radius 2 is 2.29 bits per heavy atom. The highest BCUT2D eigenvalue weighted by atomic mass is 32.1. The van der Waals surface area contributed by atoms with Crippen LogP contribution in [-0.4, -0.2) is 20.4 Å². The maximum absolute atomic E-state index is 13.0. The molecule has 0 aliphatic carbocycles. The number of nitrogens with zero attached hydrogens (tertiary/aromatic N) is 3. The summed E-state index contributed by atoms with van der Waals surface area (Å²) in [5, 5.41) is 3.91. The summed E-state index contributed by atoms with van der Waals surface area (Å²) < 4.78 is 16.7. The lowest BCUT2D eigenvalue weighted by molar-refractivity contribution is 0.104. The number of aryl methyl sites for hydroxylation is 1. The predicted octanol–water partition coefficient (Wildman–Crippen LogP) is 2.26. The Bertz CT molecular complexity index is 541. The van der Waals surface area contributed by atoms with Gasteiger partial charge in [-0.15, -0.1) is 5.10 Å². The van der Waals surface area contributed by atoms with Crippen LogP contribution in [0.3, 0.4) is 0 Å². The molecule has 0 atom stereocenters. The van der Waals surface area contributed by atoms with E-state index in [0.29, 0.717) is 17.0 Å². The van der Waals surface area contributed by atoms with Gasteiger partial charge in [0.25, 0.3) is 0 Å². The minimum Gasteiger partial charge on any atom is -0.287 e. The van der Waals surface area contributed by atoms with Gasteiger partial charge in [0.15, 0.2) is 0 Å². The third kappa shape index (κ3) is 2.52. The Morgan fingerprint density at radius 1 is 1.47 bits per heavy atom. The Morgan fingerprint density at radius 3 is 3.00 bits per heavy atom. The molecular weight excluding hydrogens is 241 g/mol. The van der Waals surface area contributed by atoms with Gasteiger partial charge in [0.1, 0.15) is 10.7 Å². The van der Waals surface area contributed by atoms with Crippen LogP contribution in [0, 0.1) is 5.82 Å². The second-order valence-electron chi connectivity index (χ2n) is 3.52. The number of carbonyl (C=O) groups excluding carboxylic acids is 1. The molecule has 0 fully saturated rings. The number of pyridine rings is 1. The quantitative estimate of drug-likeness (QED) is 0.782. The average molecular weight is 251 g/mol. The van der Waals surface area contributed by atoms with E-state index in [9.17, 15) is 9.18 Å². The topological polar surface area (TPSA) is 55.7 Å². The normalized spacial score (nSPS) is 10.5. The number of ketones is 1. The molecule has 2 heterocycles. The van der Waals surface area contributed by atoms with Gasteiger partial charge >= 0.3 is 0 Å². The van der Waals surface area contributed by atoms with Crippen LogP contribution in [0.4, 0.5) is 4.39 Å². The molecule has 0 aliphatic rings. The van der Waals surface area contributed by atoms with E-state index in [4.69, 9.17) is 0 Å². The fourth-order valence-electron chi connectivity index (χ4n) is 1.45. The molecule has 0 unspecified atom stereocenters. The SMILES string of the molecule is CCCc1nnsc1C(=O)c1cncc(F)c1. The molecular formula is C11H10FN3OS. The lowest BCUT2D eigenvalue weighted by Crippen LogP contribution is -2.04. The lowest BCUT2D eigenvalue weighted by Gasteiger charge is -1.99. The van der Waals surface area contributed by atoms with Gasteiger partial charge < -0.3 is 0 Å². The van der Waals surface area contributed by atoms with Crippen molar-refractivity contribution in [2.45, 2.75) is 19.8 Å². The zero-order valence-electron chi connectivity index (χ0n) is 9.18. The second-order valence-corrected chi connectivity index (χ2v) is 4.27. The van der Waals surface area contributed by atoms with Crippen LogP contribution in [0.2, 0.25) is 0 Å². The zero-order chi connectivity index (χ0) is 12.3. The molecule has 0 N–H and O–H groups in total. The summed E-state index contributed by atoms with van der Waals surface area (Å²) in [6.45, 7) is 2.00. The summed E-state index contributed by atoms with van der Waals surface area (Å²) in [6.07, 6.45) is 3.99. The monoisotopic (exact) mass is 251 g/mol. The molecule has 0 saturated carbocycles. The van der Waals surface area contributed by atoms with Crippen molar-refractivity contribution >= 4 is 17.3 Å². The fraction of sp³-hybridized carbons (Fsp3) is 0.273. The molecule has 0 saturated heterocycles. The van der Waals surface area contributed by atoms with Crippen LogP contribution in [0.15, 0.2) is 18.5 Å². The molecule has 17 heavy (non-hydrogen) atoms. The minimum atomic E-state index is -0.523. The molecule has 0 aromatic carbocycles. The van der Waals surface area contributed by atoms with Crippen molar-refractivity contribution in [1.29, 1.82) is 0 Å². The largest absolute Gasteiger partial charge is 0.287 e. The van der Waals surface area contributed by atoms with Crippen molar-refractivity contribution in [1.82, 2.24) is 14.6 Å². The molecule has 6 heteroatoms. The molecule has 0 spiro atoms. The molecule has 2 aromatic rings. The van der Waals surface area contributed by atoms with E-state index in [1.807, 2.05) is 6.92 Å². The van der Waals surface area contributed by atoms with E-state index in [-0.39, 0.29) is 11.3 Å². The summed E-state index contributed by atoms with van der Waals surface area (Å²) >= 11 is 1.04. The van der Waals surface area contributed by atoms with Gasteiger partial charge in [0.2, 0.25) is 5.78 Å². The van der Waals surface area contributed by atoms with Gasteiger partial charge in [-0.05, 0) is 24.0 Å². The standard InChI is InChI=1S/C11H10FN3OS/c1-2-3-9-11(17-15-14-9)10(16)7-4-8(12)6-13-5-7/h4-6H,2-3H2,1H3. The van der Waals surface area contributed by atoms with E-state index in [1.165, 1.54) is 12.3 Å². The van der Waals surface area contributed by atoms with E-state index < -0.39 is 5.82 Å². The van der Waals surface area contributed by atoms with E-state index >= 15 is 0 Å². The minimum absolute atomic E-state index is 0.230. The Kier molecular flexibility index (Phi) is 3.53. The van der Waals surface area contributed by atoms with Gasteiger partial charge in [0.05, 0.1) is 11.9 Å². The van der Waals surface area contributed by atoms with Gasteiger partial charge in [-0.3, -0.25) is 9.78 Å². The molecule has 0 aliphatic heterocycles. The van der Waals surface area contributed by atoms with E-state index in [1.54, 1.807) is 0 Å². The van der Waals surface area contributed by atoms with Crippen molar-refractivity contribution in [3.05, 3.63) is 40.4 Å². The molecule has 0 radical (unpaired) electrons. The molecule has 4 nitrogen and oxygen atoms in total. The van der Waals surface area contributed by atoms with Gasteiger partial charge in [-0.25, -0.2) is 4.39 Å². The van der Waals surface area contributed by atoms with Gasteiger partial charge in [-0.1, -0.05) is 17.8 Å². The van der Waals surface area contributed by atoms with E-state index in [0.717, 1.165) is 24.2 Å². The number of aromatic nitrogens is 3. The summed E-state index contributed by atoms with van der Waals surface area (Å²) in [5.74, 6) is -0.791. The Hall–Kier alpha value is -1.69. The van der Waals surface area contributed by atoms with Crippen molar-refractivity contribution < 1.29 is 9.18 Å². The first-order valence-electron chi connectivity index (χ1n) is 5.19. The number of carbonyl (C=O) groups is 1. The highest BCUT2D eigenvalue weighted by Crippen LogP contribution is 2.17. The van der Waals surface area contributed by atoms with Gasteiger partial charge in [-0.2, -0.15) is 0 Å².